The first kappa shape index (κ1) is 17.6. The highest BCUT2D eigenvalue weighted by atomic mass is 16.5. The van der Waals surface area contributed by atoms with Crippen molar-refractivity contribution < 1.29 is 9.53 Å². The first-order valence-electron chi connectivity index (χ1n) is 8.38. The van der Waals surface area contributed by atoms with Crippen molar-refractivity contribution in [1.29, 1.82) is 0 Å². The summed E-state index contributed by atoms with van der Waals surface area (Å²) < 4.78 is 9.20. The second-order valence-corrected chi connectivity index (χ2v) is 5.97. The molecule has 26 heavy (non-hydrogen) atoms. The quantitative estimate of drug-likeness (QED) is 0.657. The Balaban J connectivity index is 1.55. The molecule has 1 N–H and O–H groups in total. The van der Waals surface area contributed by atoms with Gasteiger partial charge in [0.15, 0.2) is 5.82 Å². The number of ether oxygens (including phenoxy) is 1. The predicted octanol–water partition coefficient (Wildman–Crippen LogP) is 1.46. The van der Waals surface area contributed by atoms with Gasteiger partial charge >= 0.3 is 0 Å². The molecule has 0 spiro atoms. The van der Waals surface area contributed by atoms with Crippen LogP contribution in [0.3, 0.4) is 0 Å². The van der Waals surface area contributed by atoms with Crippen LogP contribution in [-0.4, -0.2) is 42.4 Å². The predicted molar refractivity (Wildman–Crippen MR) is 93.5 cm³/mol. The van der Waals surface area contributed by atoms with E-state index in [1.165, 1.54) is 0 Å². The number of amides is 1. The van der Waals surface area contributed by atoms with Gasteiger partial charge < -0.3 is 10.1 Å². The van der Waals surface area contributed by atoms with Crippen LogP contribution in [0.15, 0.2) is 42.7 Å². The number of tetrazole rings is 1. The van der Waals surface area contributed by atoms with Crippen LogP contribution >= 0.6 is 0 Å². The third-order valence-corrected chi connectivity index (χ3v) is 3.70. The fraction of sp³-hybridized carbons (Fsp3) is 0.353. The Morgan fingerprint density at radius 1 is 1.31 bits per heavy atom. The highest BCUT2D eigenvalue weighted by molar-refractivity contribution is 5.94. The zero-order valence-corrected chi connectivity index (χ0v) is 14.7. The Kier molecular flexibility index (Phi) is 5.57. The van der Waals surface area contributed by atoms with Crippen LogP contribution in [0.25, 0.3) is 0 Å². The lowest BCUT2D eigenvalue weighted by Crippen LogP contribution is -2.27. The summed E-state index contributed by atoms with van der Waals surface area (Å²) >= 11 is 0. The summed E-state index contributed by atoms with van der Waals surface area (Å²) in [6.07, 6.45) is 3.56. The maximum absolute atomic E-state index is 12.3. The third-order valence-electron chi connectivity index (χ3n) is 3.70. The first-order valence-corrected chi connectivity index (χ1v) is 8.38. The Bertz CT molecular complexity index is 842. The number of nitrogens with one attached hydrogen (secondary N) is 1. The van der Waals surface area contributed by atoms with Crippen molar-refractivity contribution in [2.45, 2.75) is 33.0 Å². The van der Waals surface area contributed by atoms with Gasteiger partial charge in [0, 0.05) is 24.5 Å². The number of hydrogen-bond donors (Lipinski definition) is 1. The number of hydrogen-bond acceptors (Lipinski definition) is 6. The molecule has 0 fully saturated rings. The lowest BCUT2D eigenvalue weighted by Gasteiger charge is -2.10. The molecule has 0 radical (unpaired) electrons. The van der Waals surface area contributed by atoms with Crippen LogP contribution in [-0.2, 0) is 13.2 Å². The molecule has 0 aliphatic carbocycles. The van der Waals surface area contributed by atoms with Gasteiger partial charge in [-0.25, -0.2) is 4.68 Å². The van der Waals surface area contributed by atoms with Crippen molar-refractivity contribution >= 4 is 5.91 Å². The van der Waals surface area contributed by atoms with Crippen LogP contribution in [0.5, 0.6) is 5.75 Å². The molecule has 0 unspecified atom stereocenters. The fourth-order valence-electron chi connectivity index (χ4n) is 2.40. The van der Waals surface area contributed by atoms with Crippen molar-refractivity contribution in [1.82, 2.24) is 35.3 Å². The summed E-state index contributed by atoms with van der Waals surface area (Å²) in [6.45, 7) is 5.33. The molecular weight excluding hydrogens is 334 g/mol. The average Bonchev–Trinajstić information content (AvgIpc) is 3.32. The highest BCUT2D eigenvalue weighted by Gasteiger charge is 2.11. The molecule has 0 aliphatic heterocycles. The molecule has 0 atom stereocenters. The van der Waals surface area contributed by atoms with Crippen LogP contribution in [0.4, 0.5) is 0 Å². The molecule has 0 bridgehead atoms. The monoisotopic (exact) mass is 355 g/mol. The van der Waals surface area contributed by atoms with E-state index >= 15 is 0 Å². The lowest BCUT2D eigenvalue weighted by atomic mass is 10.2. The normalized spacial score (nSPS) is 10.9. The van der Waals surface area contributed by atoms with Crippen LogP contribution in [0.1, 0.15) is 36.1 Å². The van der Waals surface area contributed by atoms with Crippen molar-refractivity contribution in [2.75, 3.05) is 6.54 Å². The highest BCUT2D eigenvalue weighted by Crippen LogP contribution is 2.15. The minimum absolute atomic E-state index is 0.149. The van der Waals surface area contributed by atoms with Gasteiger partial charge in [-0.05, 0) is 48.5 Å². The number of carbonyl (C=O) groups is 1. The standard InChI is InChI=1S/C17H21N7O2/c1-13(2)24-16(20-21-22-24)12-26-15-6-3-5-14(11-15)17(25)18-8-10-23-9-4-7-19-23/h3-7,9,11,13H,8,10,12H2,1-2H3,(H,18,25). The zero-order valence-electron chi connectivity index (χ0n) is 14.7. The minimum atomic E-state index is -0.158. The molecule has 0 aliphatic rings. The Labute approximate surface area is 151 Å². The van der Waals surface area contributed by atoms with Gasteiger partial charge in [-0.2, -0.15) is 5.10 Å². The number of benzene rings is 1. The summed E-state index contributed by atoms with van der Waals surface area (Å²) in [7, 11) is 0. The molecule has 9 heteroatoms. The summed E-state index contributed by atoms with van der Waals surface area (Å²) in [4.78, 5) is 12.3. The number of rotatable bonds is 8. The second kappa shape index (κ2) is 8.24. The molecule has 1 amide bonds. The molecule has 3 rings (SSSR count). The molecule has 2 heterocycles. The molecule has 0 saturated heterocycles. The van der Waals surface area contributed by atoms with E-state index in [4.69, 9.17) is 4.74 Å². The Morgan fingerprint density at radius 2 is 2.19 bits per heavy atom. The van der Waals surface area contributed by atoms with E-state index in [0.29, 0.717) is 30.2 Å². The first-order chi connectivity index (χ1) is 12.6. The molecule has 0 saturated carbocycles. The van der Waals surface area contributed by atoms with Crippen LogP contribution in [0.2, 0.25) is 0 Å². The summed E-state index contributed by atoms with van der Waals surface area (Å²) in [5.74, 6) is 1.06. The van der Waals surface area contributed by atoms with E-state index in [0.717, 1.165) is 0 Å². The molecule has 9 nitrogen and oxygen atoms in total. The lowest BCUT2D eigenvalue weighted by molar-refractivity contribution is 0.0951. The zero-order chi connectivity index (χ0) is 18.4. The van der Waals surface area contributed by atoms with Crippen LogP contribution in [0, 0.1) is 0 Å². The van der Waals surface area contributed by atoms with Gasteiger partial charge in [0.1, 0.15) is 12.4 Å². The SMILES string of the molecule is CC(C)n1nnnc1COc1cccc(C(=O)NCCn2cccn2)c1. The van der Waals surface area contributed by atoms with Crippen LogP contribution < -0.4 is 10.1 Å². The number of nitrogens with zero attached hydrogens (tertiary/aromatic N) is 6. The summed E-state index contributed by atoms with van der Waals surface area (Å²) in [5.41, 5.74) is 0.534. The average molecular weight is 355 g/mol. The smallest absolute Gasteiger partial charge is 0.251 e. The van der Waals surface area contributed by atoms with Gasteiger partial charge in [-0.1, -0.05) is 6.07 Å². The topological polar surface area (TPSA) is 99.8 Å². The van der Waals surface area contributed by atoms with Crippen molar-refractivity contribution in [3.63, 3.8) is 0 Å². The number of aromatic nitrogens is 6. The molecule has 1 aromatic carbocycles. The van der Waals surface area contributed by atoms with Gasteiger partial charge in [-0.15, -0.1) is 5.10 Å². The summed E-state index contributed by atoms with van der Waals surface area (Å²) in [5, 5.41) is 18.5. The molecule has 3 aromatic rings. The second-order valence-electron chi connectivity index (χ2n) is 5.97. The maximum Gasteiger partial charge on any atom is 0.251 e. The van der Waals surface area contributed by atoms with E-state index < -0.39 is 0 Å². The summed E-state index contributed by atoms with van der Waals surface area (Å²) in [6, 6.07) is 9.02. The molecule has 2 aromatic heterocycles. The van der Waals surface area contributed by atoms with E-state index in [1.807, 2.05) is 26.1 Å². The van der Waals surface area contributed by atoms with Gasteiger partial charge in [-0.3, -0.25) is 9.48 Å². The third kappa shape index (κ3) is 4.44. The number of carbonyl (C=O) groups excluding carboxylic acids is 1. The minimum Gasteiger partial charge on any atom is -0.486 e. The largest absolute Gasteiger partial charge is 0.486 e. The molecule has 136 valence electrons. The van der Waals surface area contributed by atoms with Gasteiger partial charge in [0.25, 0.3) is 5.91 Å². The Morgan fingerprint density at radius 3 is 2.96 bits per heavy atom. The molecular formula is C17H21N7O2. The van der Waals surface area contributed by atoms with Gasteiger partial charge in [0.05, 0.1) is 12.6 Å². The van der Waals surface area contributed by atoms with E-state index in [2.05, 4.69) is 25.9 Å². The van der Waals surface area contributed by atoms with Crippen molar-refractivity contribution in [3.05, 3.63) is 54.1 Å². The Hall–Kier alpha value is -3.23. The fourth-order valence-corrected chi connectivity index (χ4v) is 2.40. The van der Waals surface area contributed by atoms with E-state index in [9.17, 15) is 4.79 Å². The van der Waals surface area contributed by atoms with Crippen molar-refractivity contribution in [3.8, 4) is 5.75 Å². The maximum atomic E-state index is 12.3. The van der Waals surface area contributed by atoms with E-state index in [-0.39, 0.29) is 18.6 Å². The van der Waals surface area contributed by atoms with E-state index in [1.54, 1.807) is 39.8 Å². The van der Waals surface area contributed by atoms with Gasteiger partial charge in [0.2, 0.25) is 0 Å². The van der Waals surface area contributed by atoms with Crippen molar-refractivity contribution in [2.24, 2.45) is 0 Å².